The highest BCUT2D eigenvalue weighted by molar-refractivity contribution is 5.89. The van der Waals surface area contributed by atoms with Crippen LogP contribution in [0, 0.1) is 11.3 Å². The summed E-state index contributed by atoms with van der Waals surface area (Å²) in [6.45, 7) is 6.60. The molecule has 2 fully saturated rings. The lowest BCUT2D eigenvalue weighted by atomic mass is 10.1. The van der Waals surface area contributed by atoms with Crippen molar-refractivity contribution >= 4 is 16.7 Å². The number of hydrogen-bond acceptors (Lipinski definition) is 8. The Morgan fingerprint density at radius 1 is 1.19 bits per heavy atom. The van der Waals surface area contributed by atoms with Crippen molar-refractivity contribution in [2.45, 2.75) is 51.4 Å². The third-order valence-corrected chi connectivity index (χ3v) is 6.41. The standard InChI is InChI=1S/C21H25N9O/c1-13-11-29(14(2)10-28(13)12-19-24-25-26-30(19)16-5-6-16)18-8-20(31)27(3)17-7-4-15(9-22)23-21(17)18/h4,7-8,13-14,16H,5-6,10-12H2,1-3H3/t13?,14-/m0/s1. The molecule has 0 radical (unpaired) electrons. The first kappa shape index (κ1) is 19.6. The zero-order chi connectivity index (χ0) is 21.7. The first-order chi connectivity index (χ1) is 15.0. The van der Waals surface area contributed by atoms with Gasteiger partial charge in [0.05, 0.1) is 23.8 Å². The summed E-state index contributed by atoms with van der Waals surface area (Å²) < 4.78 is 3.54. The Labute approximate surface area is 179 Å². The normalized spacial score (nSPS) is 22.1. The zero-order valence-corrected chi connectivity index (χ0v) is 17.9. The average molecular weight is 419 g/mol. The number of nitriles is 1. The molecule has 1 aliphatic heterocycles. The van der Waals surface area contributed by atoms with Crippen molar-refractivity contribution in [3.8, 4) is 6.07 Å². The Balaban J connectivity index is 1.45. The van der Waals surface area contributed by atoms with Gasteiger partial charge in [-0.1, -0.05) is 0 Å². The van der Waals surface area contributed by atoms with E-state index < -0.39 is 0 Å². The van der Waals surface area contributed by atoms with Crippen molar-refractivity contribution in [1.29, 1.82) is 5.26 Å². The molecule has 3 aromatic heterocycles. The van der Waals surface area contributed by atoms with E-state index in [0.717, 1.165) is 43.0 Å². The maximum Gasteiger partial charge on any atom is 0.252 e. The second-order valence-electron chi connectivity index (χ2n) is 8.65. The van der Waals surface area contributed by atoms with E-state index in [4.69, 9.17) is 0 Å². The van der Waals surface area contributed by atoms with E-state index in [2.05, 4.69) is 50.2 Å². The van der Waals surface area contributed by atoms with Crippen LogP contribution in [0.25, 0.3) is 11.0 Å². The highest BCUT2D eigenvalue weighted by atomic mass is 16.1. The van der Waals surface area contributed by atoms with E-state index >= 15 is 0 Å². The zero-order valence-electron chi connectivity index (χ0n) is 17.9. The molecule has 1 aliphatic carbocycles. The number of pyridine rings is 2. The van der Waals surface area contributed by atoms with E-state index in [9.17, 15) is 10.1 Å². The van der Waals surface area contributed by atoms with Gasteiger partial charge in [-0.25, -0.2) is 9.67 Å². The van der Waals surface area contributed by atoms with Crippen molar-refractivity contribution in [3.63, 3.8) is 0 Å². The number of aryl methyl sites for hydroxylation is 1. The second kappa shape index (κ2) is 7.42. The third kappa shape index (κ3) is 3.45. The molecule has 10 heteroatoms. The van der Waals surface area contributed by atoms with Crippen LogP contribution in [0.15, 0.2) is 23.0 Å². The smallest absolute Gasteiger partial charge is 0.252 e. The van der Waals surface area contributed by atoms with Gasteiger partial charge in [-0.15, -0.1) is 5.10 Å². The molecule has 3 aromatic rings. The SMILES string of the molecule is CC1CN(c2cc(=O)n(C)c3ccc(C#N)nc23)[C@@H](C)CN1Cc1nnnn1C1CC1. The van der Waals surface area contributed by atoms with Crippen LogP contribution in [-0.2, 0) is 13.6 Å². The van der Waals surface area contributed by atoms with E-state index in [1.54, 1.807) is 29.8 Å². The summed E-state index contributed by atoms with van der Waals surface area (Å²) in [6.07, 6.45) is 2.29. The number of piperazine rings is 1. The minimum absolute atomic E-state index is 0.0834. The van der Waals surface area contributed by atoms with Gasteiger partial charge in [-0.3, -0.25) is 9.69 Å². The number of fused-ring (bicyclic) bond motifs is 1. The van der Waals surface area contributed by atoms with E-state index in [1.165, 1.54) is 0 Å². The van der Waals surface area contributed by atoms with Crippen molar-refractivity contribution in [2.24, 2.45) is 7.05 Å². The van der Waals surface area contributed by atoms with Gasteiger partial charge in [0.2, 0.25) is 0 Å². The maximum atomic E-state index is 12.6. The van der Waals surface area contributed by atoms with E-state index in [0.29, 0.717) is 23.8 Å². The highest BCUT2D eigenvalue weighted by Crippen LogP contribution is 2.35. The van der Waals surface area contributed by atoms with Crippen molar-refractivity contribution in [3.05, 3.63) is 40.1 Å². The summed E-state index contributed by atoms with van der Waals surface area (Å²) in [5, 5.41) is 21.6. The van der Waals surface area contributed by atoms with Crippen LogP contribution in [0.1, 0.15) is 44.2 Å². The molecular weight excluding hydrogens is 394 g/mol. The topological polar surface area (TPSA) is 109 Å². The minimum atomic E-state index is -0.0834. The van der Waals surface area contributed by atoms with Crippen LogP contribution < -0.4 is 10.5 Å². The second-order valence-corrected chi connectivity index (χ2v) is 8.65. The fourth-order valence-corrected chi connectivity index (χ4v) is 4.45. The average Bonchev–Trinajstić information content (AvgIpc) is 3.51. The van der Waals surface area contributed by atoms with Gasteiger partial charge in [-0.05, 0) is 49.2 Å². The van der Waals surface area contributed by atoms with Crippen LogP contribution >= 0.6 is 0 Å². The Bertz CT molecular complexity index is 1240. The number of rotatable bonds is 4. The molecule has 31 heavy (non-hydrogen) atoms. The Kier molecular flexibility index (Phi) is 4.70. The molecular formula is C21H25N9O. The van der Waals surface area contributed by atoms with E-state index in [-0.39, 0.29) is 17.6 Å². The van der Waals surface area contributed by atoms with Gasteiger partial charge >= 0.3 is 0 Å². The Morgan fingerprint density at radius 3 is 2.74 bits per heavy atom. The Morgan fingerprint density at radius 2 is 2.00 bits per heavy atom. The predicted molar refractivity (Wildman–Crippen MR) is 114 cm³/mol. The lowest BCUT2D eigenvalue weighted by Gasteiger charge is -2.45. The predicted octanol–water partition coefficient (Wildman–Crippen LogP) is 1.23. The lowest BCUT2D eigenvalue weighted by molar-refractivity contribution is 0.151. The van der Waals surface area contributed by atoms with Gasteiger partial charge in [0.1, 0.15) is 17.3 Å². The van der Waals surface area contributed by atoms with Gasteiger partial charge < -0.3 is 9.47 Å². The van der Waals surface area contributed by atoms with Gasteiger partial charge in [0, 0.05) is 38.3 Å². The summed E-state index contributed by atoms with van der Waals surface area (Å²) >= 11 is 0. The first-order valence-electron chi connectivity index (χ1n) is 10.6. The maximum absolute atomic E-state index is 12.6. The summed E-state index contributed by atoms with van der Waals surface area (Å²) in [5.74, 6) is 0.911. The van der Waals surface area contributed by atoms with Gasteiger partial charge in [-0.2, -0.15) is 5.26 Å². The fourth-order valence-electron chi connectivity index (χ4n) is 4.45. The summed E-state index contributed by atoms with van der Waals surface area (Å²) in [7, 11) is 1.73. The summed E-state index contributed by atoms with van der Waals surface area (Å²) in [5.41, 5.74) is 2.47. The highest BCUT2D eigenvalue weighted by Gasteiger charge is 2.33. The Hall–Kier alpha value is -3.32. The van der Waals surface area contributed by atoms with Crippen molar-refractivity contribution < 1.29 is 0 Å². The number of tetrazole rings is 1. The first-order valence-corrected chi connectivity index (χ1v) is 10.6. The largest absolute Gasteiger partial charge is 0.364 e. The van der Waals surface area contributed by atoms with Crippen molar-refractivity contribution in [1.82, 2.24) is 34.7 Å². The number of hydrogen-bond donors (Lipinski definition) is 0. The molecule has 160 valence electrons. The molecule has 2 atom stereocenters. The summed E-state index contributed by atoms with van der Waals surface area (Å²) in [4.78, 5) is 21.8. The number of aromatic nitrogens is 6. The van der Waals surface area contributed by atoms with Gasteiger partial charge in [0.15, 0.2) is 5.82 Å². The van der Waals surface area contributed by atoms with Crippen molar-refractivity contribution in [2.75, 3.05) is 18.0 Å². The minimum Gasteiger partial charge on any atom is -0.364 e. The van der Waals surface area contributed by atoms with Crippen LogP contribution in [0.3, 0.4) is 0 Å². The van der Waals surface area contributed by atoms with Crippen LogP contribution in [0.5, 0.6) is 0 Å². The molecule has 1 saturated heterocycles. The molecule has 1 saturated carbocycles. The van der Waals surface area contributed by atoms with Crippen LogP contribution in [0.4, 0.5) is 5.69 Å². The number of anilines is 1. The molecule has 0 bridgehead atoms. The van der Waals surface area contributed by atoms with Crippen LogP contribution in [-0.4, -0.2) is 59.8 Å². The van der Waals surface area contributed by atoms with E-state index in [1.807, 2.05) is 4.68 Å². The van der Waals surface area contributed by atoms with Crippen LogP contribution in [0.2, 0.25) is 0 Å². The molecule has 10 nitrogen and oxygen atoms in total. The quantitative estimate of drug-likeness (QED) is 0.621. The molecule has 2 aliphatic rings. The molecule has 1 unspecified atom stereocenters. The van der Waals surface area contributed by atoms with Gasteiger partial charge in [0.25, 0.3) is 5.56 Å². The molecule has 0 amide bonds. The molecule has 4 heterocycles. The monoisotopic (exact) mass is 419 g/mol. The molecule has 0 aromatic carbocycles. The third-order valence-electron chi connectivity index (χ3n) is 6.41. The molecule has 0 N–H and O–H groups in total. The summed E-state index contributed by atoms with van der Waals surface area (Å²) in [6, 6.07) is 8.04. The fraction of sp³-hybridized carbons (Fsp3) is 0.524. The molecule has 5 rings (SSSR count). The molecule has 0 spiro atoms. The number of nitrogens with zero attached hydrogens (tertiary/aromatic N) is 9. The lowest BCUT2D eigenvalue weighted by Crippen LogP contribution is -2.56.